The smallest absolute Gasteiger partial charge is 0.236 e. The van der Waals surface area contributed by atoms with E-state index in [-0.39, 0.29) is 5.91 Å². The van der Waals surface area contributed by atoms with Gasteiger partial charge >= 0.3 is 0 Å². The Hall–Kier alpha value is -1.55. The number of carbonyl (C=O) groups excluding carboxylic acids is 1. The Morgan fingerprint density at radius 2 is 2.05 bits per heavy atom. The van der Waals surface area contributed by atoms with Crippen molar-refractivity contribution in [3.8, 4) is 0 Å². The predicted octanol–water partition coefficient (Wildman–Crippen LogP) is 2.03. The molecule has 1 amide bonds. The zero-order valence-corrected chi connectivity index (χ0v) is 12.3. The molecular weight excluding hydrogens is 250 g/mol. The molecule has 0 saturated heterocycles. The molecule has 4 heteroatoms. The number of primary amides is 1. The molecule has 4 nitrogen and oxygen atoms in total. The zero-order valence-electron chi connectivity index (χ0n) is 12.3. The number of para-hydroxylation sites is 1. The second kappa shape index (κ2) is 7.29. The Bertz CT molecular complexity index is 441. The van der Waals surface area contributed by atoms with Gasteiger partial charge in [-0.15, -0.1) is 0 Å². The molecule has 3 N–H and O–H groups in total. The molecule has 1 fully saturated rings. The minimum absolute atomic E-state index is 0.254. The normalized spacial score (nSPS) is 15.4. The molecule has 0 aromatic heterocycles. The first-order chi connectivity index (χ1) is 9.72. The van der Waals surface area contributed by atoms with Gasteiger partial charge in [0, 0.05) is 18.3 Å². The molecule has 0 radical (unpaired) electrons. The standard InChI is InChI=1S/C16H25N3O/c1-2-18-11-13-7-3-6-10-15(13)19(12-16(17)20)14-8-4-5-9-14/h3,6-7,10,14,18H,2,4-5,8-9,11-12H2,1H3,(H2,17,20). The number of nitrogens with zero attached hydrogens (tertiary/aromatic N) is 1. The number of anilines is 1. The summed E-state index contributed by atoms with van der Waals surface area (Å²) in [7, 11) is 0. The molecule has 1 saturated carbocycles. The minimum Gasteiger partial charge on any atom is -0.368 e. The van der Waals surface area contributed by atoms with E-state index in [2.05, 4.69) is 29.3 Å². The number of hydrogen-bond donors (Lipinski definition) is 2. The van der Waals surface area contributed by atoms with Gasteiger partial charge in [0.25, 0.3) is 0 Å². The zero-order chi connectivity index (χ0) is 14.4. The number of benzene rings is 1. The summed E-state index contributed by atoms with van der Waals surface area (Å²) < 4.78 is 0. The maximum absolute atomic E-state index is 11.4. The molecule has 0 aliphatic heterocycles. The lowest BCUT2D eigenvalue weighted by Crippen LogP contribution is -2.41. The van der Waals surface area contributed by atoms with Gasteiger partial charge in [-0.1, -0.05) is 38.0 Å². The average Bonchev–Trinajstić information content (AvgIpc) is 2.97. The van der Waals surface area contributed by atoms with Gasteiger partial charge in [-0.3, -0.25) is 4.79 Å². The van der Waals surface area contributed by atoms with Crippen molar-refractivity contribution in [2.45, 2.75) is 45.2 Å². The summed E-state index contributed by atoms with van der Waals surface area (Å²) in [5.41, 5.74) is 7.84. The molecule has 2 rings (SSSR count). The van der Waals surface area contributed by atoms with Crippen LogP contribution in [0.4, 0.5) is 5.69 Å². The molecule has 0 spiro atoms. The summed E-state index contributed by atoms with van der Waals surface area (Å²) in [5.74, 6) is -0.254. The second-order valence-corrected chi connectivity index (χ2v) is 5.44. The largest absolute Gasteiger partial charge is 0.368 e. The summed E-state index contributed by atoms with van der Waals surface area (Å²) in [5, 5.41) is 3.36. The predicted molar refractivity (Wildman–Crippen MR) is 82.6 cm³/mol. The van der Waals surface area contributed by atoms with Crippen LogP contribution in [0.15, 0.2) is 24.3 Å². The highest BCUT2D eigenvalue weighted by atomic mass is 16.1. The first-order valence-corrected chi connectivity index (χ1v) is 7.56. The summed E-state index contributed by atoms with van der Waals surface area (Å²) in [6.45, 7) is 4.18. The molecule has 0 unspecified atom stereocenters. The lowest BCUT2D eigenvalue weighted by molar-refractivity contribution is -0.116. The van der Waals surface area contributed by atoms with Gasteiger partial charge in [0.15, 0.2) is 0 Å². The van der Waals surface area contributed by atoms with Crippen molar-refractivity contribution in [3.05, 3.63) is 29.8 Å². The van der Waals surface area contributed by atoms with E-state index in [4.69, 9.17) is 5.73 Å². The van der Waals surface area contributed by atoms with Gasteiger partial charge in [-0.05, 0) is 31.0 Å². The first-order valence-electron chi connectivity index (χ1n) is 7.56. The van der Waals surface area contributed by atoms with E-state index in [9.17, 15) is 4.79 Å². The molecule has 1 aromatic rings. The fourth-order valence-corrected chi connectivity index (χ4v) is 2.99. The Morgan fingerprint density at radius 1 is 1.35 bits per heavy atom. The number of rotatable bonds is 7. The first kappa shape index (κ1) is 14.9. The maximum Gasteiger partial charge on any atom is 0.236 e. The van der Waals surface area contributed by atoms with Crippen molar-refractivity contribution in [2.75, 3.05) is 18.0 Å². The van der Waals surface area contributed by atoms with E-state index in [1.807, 2.05) is 12.1 Å². The Balaban J connectivity index is 2.24. The SMILES string of the molecule is CCNCc1ccccc1N(CC(N)=O)C1CCCC1. The van der Waals surface area contributed by atoms with Crippen LogP contribution in [0.25, 0.3) is 0 Å². The Kier molecular flexibility index (Phi) is 5.41. The van der Waals surface area contributed by atoms with E-state index in [0.717, 1.165) is 31.6 Å². The Labute approximate surface area is 121 Å². The number of carbonyl (C=O) groups is 1. The fraction of sp³-hybridized carbons (Fsp3) is 0.562. The van der Waals surface area contributed by atoms with Crippen LogP contribution in [0.5, 0.6) is 0 Å². The van der Waals surface area contributed by atoms with Crippen molar-refractivity contribution in [2.24, 2.45) is 5.73 Å². The molecule has 1 aliphatic rings. The van der Waals surface area contributed by atoms with Crippen LogP contribution in [0.2, 0.25) is 0 Å². The third-order valence-electron chi connectivity index (χ3n) is 3.96. The third kappa shape index (κ3) is 3.73. The number of hydrogen-bond acceptors (Lipinski definition) is 3. The van der Waals surface area contributed by atoms with E-state index in [1.165, 1.54) is 18.4 Å². The average molecular weight is 275 g/mol. The van der Waals surface area contributed by atoms with Gasteiger partial charge in [-0.2, -0.15) is 0 Å². The van der Waals surface area contributed by atoms with Crippen molar-refractivity contribution < 1.29 is 4.79 Å². The molecule has 20 heavy (non-hydrogen) atoms. The topological polar surface area (TPSA) is 58.4 Å². The van der Waals surface area contributed by atoms with Crippen LogP contribution in [0, 0.1) is 0 Å². The van der Waals surface area contributed by atoms with Gasteiger partial charge in [0.2, 0.25) is 5.91 Å². The van der Waals surface area contributed by atoms with Crippen LogP contribution in [-0.2, 0) is 11.3 Å². The summed E-state index contributed by atoms with van der Waals surface area (Å²) in [6, 6.07) is 8.76. The minimum atomic E-state index is -0.254. The van der Waals surface area contributed by atoms with Gasteiger partial charge in [0.1, 0.15) is 0 Å². The van der Waals surface area contributed by atoms with Crippen LogP contribution < -0.4 is 16.0 Å². The molecule has 1 aromatic carbocycles. The van der Waals surface area contributed by atoms with Crippen molar-refractivity contribution >= 4 is 11.6 Å². The lowest BCUT2D eigenvalue weighted by Gasteiger charge is -2.32. The fourth-order valence-electron chi connectivity index (χ4n) is 2.99. The number of nitrogens with two attached hydrogens (primary N) is 1. The molecule has 0 atom stereocenters. The van der Waals surface area contributed by atoms with Gasteiger partial charge < -0.3 is 16.0 Å². The van der Waals surface area contributed by atoms with Crippen molar-refractivity contribution in [3.63, 3.8) is 0 Å². The van der Waals surface area contributed by atoms with Crippen LogP contribution in [0.3, 0.4) is 0 Å². The molecule has 110 valence electrons. The van der Waals surface area contributed by atoms with Crippen molar-refractivity contribution in [1.82, 2.24) is 5.32 Å². The van der Waals surface area contributed by atoms with Crippen LogP contribution in [-0.4, -0.2) is 25.0 Å². The highest BCUT2D eigenvalue weighted by molar-refractivity contribution is 5.80. The third-order valence-corrected chi connectivity index (χ3v) is 3.96. The maximum atomic E-state index is 11.4. The Morgan fingerprint density at radius 3 is 2.70 bits per heavy atom. The second-order valence-electron chi connectivity index (χ2n) is 5.44. The van der Waals surface area contributed by atoms with E-state index >= 15 is 0 Å². The molecule has 1 aliphatic carbocycles. The quantitative estimate of drug-likeness (QED) is 0.800. The summed E-state index contributed by atoms with van der Waals surface area (Å²) in [4.78, 5) is 13.6. The van der Waals surface area contributed by atoms with Crippen LogP contribution >= 0.6 is 0 Å². The monoisotopic (exact) mass is 275 g/mol. The van der Waals surface area contributed by atoms with Gasteiger partial charge in [0.05, 0.1) is 6.54 Å². The lowest BCUT2D eigenvalue weighted by atomic mass is 10.1. The van der Waals surface area contributed by atoms with Crippen LogP contribution in [0.1, 0.15) is 38.2 Å². The molecular formula is C16H25N3O. The van der Waals surface area contributed by atoms with E-state index < -0.39 is 0 Å². The molecule has 0 heterocycles. The highest BCUT2D eigenvalue weighted by Gasteiger charge is 2.25. The molecule has 0 bridgehead atoms. The summed E-state index contributed by atoms with van der Waals surface area (Å²) in [6.07, 6.45) is 4.80. The highest BCUT2D eigenvalue weighted by Crippen LogP contribution is 2.30. The number of nitrogens with one attached hydrogen (secondary N) is 1. The summed E-state index contributed by atoms with van der Waals surface area (Å²) >= 11 is 0. The number of amides is 1. The van der Waals surface area contributed by atoms with Crippen molar-refractivity contribution in [1.29, 1.82) is 0 Å². The van der Waals surface area contributed by atoms with E-state index in [1.54, 1.807) is 0 Å². The van der Waals surface area contributed by atoms with E-state index in [0.29, 0.717) is 12.6 Å². The van der Waals surface area contributed by atoms with Gasteiger partial charge in [-0.25, -0.2) is 0 Å².